The third kappa shape index (κ3) is 6.28. The number of hydrogen-bond acceptors (Lipinski definition) is 4. The van der Waals surface area contributed by atoms with Crippen LogP contribution in [0.5, 0.6) is 0 Å². The molecule has 0 saturated carbocycles. The minimum atomic E-state index is -4.43. The number of carbonyl (C=O) groups is 2. The Kier molecular flexibility index (Phi) is 6.45. The molecule has 138 valence electrons. The highest BCUT2D eigenvalue weighted by Crippen LogP contribution is 2.29. The Labute approximate surface area is 151 Å². The second-order valence-electron chi connectivity index (χ2n) is 5.13. The lowest BCUT2D eigenvalue weighted by molar-refractivity contribution is -0.137. The number of amides is 3. The van der Waals surface area contributed by atoms with E-state index in [-0.39, 0.29) is 18.2 Å². The second kappa shape index (κ2) is 8.56. The van der Waals surface area contributed by atoms with Gasteiger partial charge in [0.2, 0.25) is 5.91 Å². The number of nitrogens with one attached hydrogen (secondary N) is 2. The van der Waals surface area contributed by atoms with E-state index < -0.39 is 17.8 Å². The highest BCUT2D eigenvalue weighted by atomic mass is 32.2. The predicted molar refractivity (Wildman–Crippen MR) is 91.5 cm³/mol. The molecule has 4 N–H and O–H groups in total. The molecule has 0 aliphatic carbocycles. The molecule has 0 bridgehead atoms. The molecule has 1 heterocycles. The number of alkyl halides is 3. The van der Waals surface area contributed by atoms with Gasteiger partial charge in [0, 0.05) is 18.4 Å². The summed E-state index contributed by atoms with van der Waals surface area (Å²) in [5.41, 5.74) is 5.52. The van der Waals surface area contributed by atoms with Crippen molar-refractivity contribution in [3.8, 4) is 0 Å². The van der Waals surface area contributed by atoms with Gasteiger partial charge in [-0.15, -0.1) is 0 Å². The van der Waals surface area contributed by atoms with E-state index in [4.69, 9.17) is 5.73 Å². The smallest absolute Gasteiger partial charge is 0.351 e. The monoisotopic (exact) mass is 384 g/mol. The first-order chi connectivity index (χ1) is 12.2. The molecule has 3 amide bonds. The Balaban J connectivity index is 1.77. The van der Waals surface area contributed by atoms with Gasteiger partial charge in [-0.1, -0.05) is 23.9 Å². The van der Waals surface area contributed by atoms with Crippen LogP contribution in [0.1, 0.15) is 11.1 Å². The maximum atomic E-state index is 12.4. The molecule has 26 heavy (non-hydrogen) atoms. The van der Waals surface area contributed by atoms with E-state index in [1.165, 1.54) is 6.07 Å². The maximum Gasteiger partial charge on any atom is 0.417 e. The van der Waals surface area contributed by atoms with E-state index in [9.17, 15) is 22.8 Å². The van der Waals surface area contributed by atoms with Gasteiger partial charge in [0.05, 0.1) is 16.3 Å². The summed E-state index contributed by atoms with van der Waals surface area (Å²) in [6.45, 7) is 0.274. The van der Waals surface area contributed by atoms with Gasteiger partial charge in [-0.2, -0.15) is 13.2 Å². The van der Waals surface area contributed by atoms with Crippen molar-refractivity contribution in [2.24, 2.45) is 5.73 Å². The molecule has 10 heteroatoms. The summed E-state index contributed by atoms with van der Waals surface area (Å²) in [5.74, 6) is -0.254. The molecule has 2 rings (SSSR count). The molecular formula is C16H15F3N4O2S. The van der Waals surface area contributed by atoms with Crippen LogP contribution >= 0.6 is 11.8 Å². The molecule has 2 aromatic rings. The Morgan fingerprint density at radius 2 is 1.81 bits per heavy atom. The van der Waals surface area contributed by atoms with Crippen LogP contribution in [-0.2, 0) is 17.5 Å². The molecule has 0 fully saturated rings. The van der Waals surface area contributed by atoms with Crippen molar-refractivity contribution >= 4 is 29.4 Å². The van der Waals surface area contributed by atoms with E-state index in [1.54, 1.807) is 24.3 Å². The third-order valence-electron chi connectivity index (χ3n) is 3.13. The number of halogens is 3. The molecule has 6 nitrogen and oxygen atoms in total. The fraction of sp³-hybridized carbons (Fsp3) is 0.188. The first kappa shape index (κ1) is 19.6. The number of nitrogens with two attached hydrogens (primary N) is 1. The van der Waals surface area contributed by atoms with Crippen LogP contribution in [0.25, 0.3) is 0 Å². The Bertz CT molecular complexity index is 765. The lowest BCUT2D eigenvalue weighted by Crippen LogP contribution is -2.24. The number of thioether (sulfide) groups is 1. The van der Waals surface area contributed by atoms with Gasteiger partial charge in [0.25, 0.3) is 0 Å². The SMILES string of the molecule is NC(=O)Nc1ccc(CNC(=O)CSc2ccc(C(F)(F)F)cn2)cc1. The number of rotatable bonds is 6. The van der Waals surface area contributed by atoms with E-state index in [1.807, 2.05) is 0 Å². The summed E-state index contributed by atoms with van der Waals surface area (Å²) in [6, 6.07) is 8.21. The quantitative estimate of drug-likeness (QED) is 0.667. The van der Waals surface area contributed by atoms with E-state index in [0.717, 1.165) is 29.6 Å². The van der Waals surface area contributed by atoms with Crippen molar-refractivity contribution in [1.82, 2.24) is 10.3 Å². The Hall–Kier alpha value is -2.75. The lowest BCUT2D eigenvalue weighted by Gasteiger charge is -2.08. The van der Waals surface area contributed by atoms with Crippen molar-refractivity contribution in [2.45, 2.75) is 17.7 Å². The molecule has 0 spiro atoms. The number of pyridine rings is 1. The zero-order valence-corrected chi connectivity index (χ0v) is 14.2. The first-order valence-corrected chi connectivity index (χ1v) is 8.31. The Morgan fingerprint density at radius 1 is 1.12 bits per heavy atom. The summed E-state index contributed by atoms with van der Waals surface area (Å²) in [7, 11) is 0. The highest BCUT2D eigenvalue weighted by Gasteiger charge is 2.30. The minimum absolute atomic E-state index is 0.0275. The van der Waals surface area contributed by atoms with Gasteiger partial charge >= 0.3 is 12.2 Å². The van der Waals surface area contributed by atoms with E-state index in [2.05, 4.69) is 15.6 Å². The number of hydrogen-bond donors (Lipinski definition) is 3. The molecule has 0 saturated heterocycles. The van der Waals surface area contributed by atoms with Crippen molar-refractivity contribution in [3.05, 3.63) is 53.7 Å². The largest absolute Gasteiger partial charge is 0.417 e. The van der Waals surface area contributed by atoms with Crippen LogP contribution in [0.15, 0.2) is 47.6 Å². The average molecular weight is 384 g/mol. The second-order valence-corrected chi connectivity index (χ2v) is 6.13. The van der Waals surface area contributed by atoms with Crippen molar-refractivity contribution in [2.75, 3.05) is 11.1 Å². The molecule has 0 atom stereocenters. The zero-order chi connectivity index (χ0) is 19.2. The molecule has 0 unspecified atom stereocenters. The number of aromatic nitrogens is 1. The average Bonchev–Trinajstić information content (AvgIpc) is 2.58. The number of benzene rings is 1. The topological polar surface area (TPSA) is 97.1 Å². The number of urea groups is 1. The van der Waals surface area contributed by atoms with Crippen LogP contribution in [0.4, 0.5) is 23.7 Å². The standard InChI is InChI=1S/C16H15F3N4O2S/c17-16(18,19)11-3-6-14(22-8-11)26-9-13(24)21-7-10-1-4-12(5-2-10)23-15(20)25/h1-6,8H,7,9H2,(H,21,24)(H3,20,23,25). The predicted octanol–water partition coefficient (Wildman–Crippen LogP) is 3.00. The van der Waals surface area contributed by atoms with Crippen LogP contribution < -0.4 is 16.4 Å². The maximum absolute atomic E-state index is 12.4. The van der Waals surface area contributed by atoms with Gasteiger partial charge in [-0.3, -0.25) is 4.79 Å². The molecule has 0 aliphatic rings. The van der Waals surface area contributed by atoms with Crippen LogP contribution in [-0.4, -0.2) is 22.7 Å². The van der Waals surface area contributed by atoms with Crippen molar-refractivity contribution in [3.63, 3.8) is 0 Å². The highest BCUT2D eigenvalue weighted by molar-refractivity contribution is 7.99. The molecule has 0 radical (unpaired) electrons. The van der Waals surface area contributed by atoms with Crippen LogP contribution in [0.2, 0.25) is 0 Å². The first-order valence-electron chi connectivity index (χ1n) is 7.32. The van der Waals surface area contributed by atoms with Gasteiger partial charge in [0.15, 0.2) is 0 Å². The normalized spacial score (nSPS) is 11.0. The zero-order valence-electron chi connectivity index (χ0n) is 13.3. The van der Waals surface area contributed by atoms with Crippen molar-refractivity contribution in [1.29, 1.82) is 0 Å². The molecule has 1 aromatic heterocycles. The van der Waals surface area contributed by atoms with Crippen LogP contribution in [0.3, 0.4) is 0 Å². The summed E-state index contributed by atoms with van der Waals surface area (Å²) in [5, 5.41) is 5.43. The van der Waals surface area contributed by atoms with Crippen molar-refractivity contribution < 1.29 is 22.8 Å². The number of anilines is 1. The summed E-state index contributed by atoms with van der Waals surface area (Å²) in [4.78, 5) is 26.2. The summed E-state index contributed by atoms with van der Waals surface area (Å²) >= 11 is 1.04. The number of primary amides is 1. The van der Waals surface area contributed by atoms with E-state index >= 15 is 0 Å². The summed E-state index contributed by atoms with van der Waals surface area (Å²) in [6.07, 6.45) is -3.70. The lowest BCUT2D eigenvalue weighted by atomic mass is 10.2. The van der Waals surface area contributed by atoms with Gasteiger partial charge < -0.3 is 16.4 Å². The fourth-order valence-electron chi connectivity index (χ4n) is 1.87. The Morgan fingerprint density at radius 3 is 2.35 bits per heavy atom. The van der Waals surface area contributed by atoms with Gasteiger partial charge in [-0.05, 0) is 29.8 Å². The molecule has 0 aliphatic heterocycles. The van der Waals surface area contributed by atoms with Gasteiger partial charge in [-0.25, -0.2) is 9.78 Å². The third-order valence-corrected chi connectivity index (χ3v) is 4.07. The van der Waals surface area contributed by atoms with Crippen LogP contribution in [0, 0.1) is 0 Å². The van der Waals surface area contributed by atoms with Gasteiger partial charge in [0.1, 0.15) is 0 Å². The minimum Gasteiger partial charge on any atom is -0.351 e. The fourth-order valence-corrected chi connectivity index (χ4v) is 2.55. The molecule has 1 aromatic carbocycles. The van der Waals surface area contributed by atoms with E-state index in [0.29, 0.717) is 10.7 Å². The molecular weight excluding hydrogens is 369 g/mol. The number of nitrogens with zero attached hydrogens (tertiary/aromatic N) is 1. The number of carbonyl (C=O) groups excluding carboxylic acids is 2. The summed E-state index contributed by atoms with van der Waals surface area (Å²) < 4.78 is 37.3.